The third-order valence-corrected chi connectivity index (χ3v) is 12.8. The topological polar surface area (TPSA) is 81.2 Å². The van der Waals surface area contributed by atoms with E-state index < -0.39 is 28.7 Å². The second kappa shape index (κ2) is 12.6. The second-order valence-electron chi connectivity index (χ2n) is 11.8. The lowest BCUT2D eigenvalue weighted by Gasteiger charge is -2.42. The lowest BCUT2D eigenvalue weighted by atomic mass is 9.70. The molecule has 0 radical (unpaired) electrons. The van der Waals surface area contributed by atoms with Gasteiger partial charge in [-0.2, -0.15) is 0 Å². The lowest BCUT2D eigenvalue weighted by molar-refractivity contribution is -0.147. The number of para-hydroxylation sites is 1. The summed E-state index contributed by atoms with van der Waals surface area (Å²) < 4.78 is -0.749. The number of likely N-dealkylation sites (tertiary alicyclic amines) is 1. The van der Waals surface area contributed by atoms with Crippen LogP contribution in [0.25, 0.3) is 0 Å². The number of halogens is 1. The standard InChI is InChI=1S/C32H42BrN3O4S/c1-4-17-34(22-13-9-7-10-14-22)29(38)25-26-30(39)36(21(6-3)20-37)28(32(26)19-24(33)27(25)41-32)31(40)35(18-5-2)23-15-11-8-12-16-23/h4-5,7,9-10,13-14,21,23-28,37H,1-2,6,8,11-12,15-20H2,3H3/t21-,24?,25-,26-,27-,28?,32?/m0/s1. The Morgan fingerprint density at radius 2 is 1.83 bits per heavy atom. The number of thioether (sulfide) groups is 1. The first kappa shape index (κ1) is 30.4. The van der Waals surface area contributed by atoms with Gasteiger partial charge in [0.25, 0.3) is 0 Å². The van der Waals surface area contributed by atoms with E-state index in [-0.39, 0.29) is 40.4 Å². The average Bonchev–Trinajstić information content (AvgIpc) is 3.59. The van der Waals surface area contributed by atoms with E-state index in [0.29, 0.717) is 25.9 Å². The van der Waals surface area contributed by atoms with Crippen LogP contribution in [0.1, 0.15) is 51.9 Å². The van der Waals surface area contributed by atoms with Crippen molar-refractivity contribution in [1.82, 2.24) is 9.80 Å². The van der Waals surface area contributed by atoms with E-state index in [0.717, 1.165) is 31.4 Å². The summed E-state index contributed by atoms with van der Waals surface area (Å²) in [6.07, 6.45) is 9.85. The van der Waals surface area contributed by atoms with Crippen LogP contribution >= 0.6 is 27.7 Å². The Morgan fingerprint density at radius 1 is 1.15 bits per heavy atom. The molecule has 7 nitrogen and oxygen atoms in total. The molecule has 1 aromatic rings. The molecule has 0 aromatic heterocycles. The molecule has 3 saturated heterocycles. The fraction of sp³-hybridized carbons (Fsp3) is 0.594. The fourth-order valence-corrected chi connectivity index (χ4v) is 11.4. The largest absolute Gasteiger partial charge is 0.394 e. The molecule has 4 aliphatic rings. The molecule has 3 unspecified atom stereocenters. The summed E-state index contributed by atoms with van der Waals surface area (Å²) >= 11 is 5.53. The molecule has 222 valence electrons. The van der Waals surface area contributed by atoms with Gasteiger partial charge in [-0.05, 0) is 37.8 Å². The average molecular weight is 645 g/mol. The first-order valence-corrected chi connectivity index (χ1v) is 16.8. The Hall–Kier alpha value is -2.10. The molecule has 5 rings (SSSR count). The van der Waals surface area contributed by atoms with E-state index in [9.17, 15) is 19.5 Å². The Labute approximate surface area is 256 Å². The van der Waals surface area contributed by atoms with Crippen LogP contribution in [0.4, 0.5) is 5.69 Å². The van der Waals surface area contributed by atoms with Gasteiger partial charge >= 0.3 is 0 Å². The lowest BCUT2D eigenvalue weighted by Crippen LogP contribution is -2.59. The summed E-state index contributed by atoms with van der Waals surface area (Å²) in [6, 6.07) is 8.37. The molecule has 1 saturated carbocycles. The van der Waals surface area contributed by atoms with Gasteiger partial charge in [0.2, 0.25) is 17.7 Å². The van der Waals surface area contributed by atoms with Crippen molar-refractivity contribution in [2.75, 3.05) is 24.6 Å². The third-order valence-electron chi connectivity index (χ3n) is 9.59. The molecule has 41 heavy (non-hydrogen) atoms. The van der Waals surface area contributed by atoms with Crippen LogP contribution in [-0.2, 0) is 14.4 Å². The third kappa shape index (κ3) is 5.10. The molecule has 3 heterocycles. The predicted molar refractivity (Wildman–Crippen MR) is 168 cm³/mol. The van der Waals surface area contributed by atoms with E-state index in [1.807, 2.05) is 42.2 Å². The minimum Gasteiger partial charge on any atom is -0.394 e. The second-order valence-corrected chi connectivity index (χ2v) is 14.5. The van der Waals surface area contributed by atoms with Crippen molar-refractivity contribution in [3.05, 3.63) is 55.6 Å². The molecule has 1 aromatic carbocycles. The van der Waals surface area contributed by atoms with Crippen molar-refractivity contribution in [3.8, 4) is 0 Å². The molecule has 1 N–H and O–H groups in total. The highest BCUT2D eigenvalue weighted by Gasteiger charge is 2.76. The highest BCUT2D eigenvalue weighted by Crippen LogP contribution is 2.68. The number of fused-ring (bicyclic) bond motifs is 1. The van der Waals surface area contributed by atoms with Crippen molar-refractivity contribution in [1.29, 1.82) is 0 Å². The van der Waals surface area contributed by atoms with Gasteiger partial charge in [-0.25, -0.2) is 0 Å². The highest BCUT2D eigenvalue weighted by molar-refractivity contribution is 9.09. The van der Waals surface area contributed by atoms with Gasteiger partial charge in [0.05, 0.1) is 29.2 Å². The van der Waals surface area contributed by atoms with Crippen molar-refractivity contribution >= 4 is 51.1 Å². The number of amides is 3. The summed E-state index contributed by atoms with van der Waals surface area (Å²) in [5.74, 6) is -1.58. The van der Waals surface area contributed by atoms with E-state index in [1.54, 1.807) is 33.7 Å². The molecule has 9 heteroatoms. The number of carbonyl (C=O) groups excluding carboxylic acids is 3. The van der Waals surface area contributed by atoms with Crippen molar-refractivity contribution < 1.29 is 19.5 Å². The van der Waals surface area contributed by atoms with Gasteiger partial charge in [0.15, 0.2) is 0 Å². The number of hydrogen-bond donors (Lipinski definition) is 1. The Balaban J connectivity index is 1.58. The monoisotopic (exact) mass is 643 g/mol. The van der Waals surface area contributed by atoms with Crippen molar-refractivity contribution in [2.24, 2.45) is 11.8 Å². The predicted octanol–water partition coefficient (Wildman–Crippen LogP) is 4.79. The number of aliphatic hydroxyl groups excluding tert-OH is 1. The number of hydrogen-bond acceptors (Lipinski definition) is 5. The molecular formula is C32H42BrN3O4S. The molecular weight excluding hydrogens is 602 g/mol. The number of benzene rings is 1. The van der Waals surface area contributed by atoms with Crippen molar-refractivity contribution in [2.45, 2.75) is 84.8 Å². The maximum absolute atomic E-state index is 14.8. The zero-order valence-electron chi connectivity index (χ0n) is 23.9. The van der Waals surface area contributed by atoms with Gasteiger partial charge < -0.3 is 19.8 Å². The smallest absolute Gasteiger partial charge is 0.247 e. The molecule has 7 atom stereocenters. The van der Waals surface area contributed by atoms with E-state index in [4.69, 9.17) is 0 Å². The summed E-state index contributed by atoms with van der Waals surface area (Å²) in [7, 11) is 0. The number of aliphatic hydroxyl groups is 1. The number of nitrogens with zero attached hydrogens (tertiary/aromatic N) is 3. The maximum atomic E-state index is 14.8. The number of carbonyl (C=O) groups is 3. The molecule has 3 aliphatic heterocycles. The van der Waals surface area contributed by atoms with E-state index in [2.05, 4.69) is 29.1 Å². The summed E-state index contributed by atoms with van der Waals surface area (Å²) in [4.78, 5) is 49.1. The maximum Gasteiger partial charge on any atom is 0.247 e. The van der Waals surface area contributed by atoms with Crippen molar-refractivity contribution in [3.63, 3.8) is 0 Å². The molecule has 1 spiro atoms. The normalized spacial score (nSPS) is 31.5. The quantitative estimate of drug-likeness (QED) is 0.277. The summed E-state index contributed by atoms with van der Waals surface area (Å²) in [5, 5.41) is 10.3. The Kier molecular flexibility index (Phi) is 9.36. The molecule has 3 amide bonds. The van der Waals surface area contributed by atoms with Crippen LogP contribution in [0.3, 0.4) is 0 Å². The first-order chi connectivity index (χ1) is 19.8. The molecule has 1 aliphatic carbocycles. The van der Waals surface area contributed by atoms with E-state index >= 15 is 0 Å². The van der Waals surface area contributed by atoms with Crippen LogP contribution in [0.2, 0.25) is 0 Å². The number of alkyl halides is 1. The SMILES string of the molecule is C=CCN(C(=O)[C@H]1[C@H]2C(=O)N([C@@H](CC)CO)C(C(=O)N(CC=C)C3CCCCC3)C23CC(Br)[C@@H]1S3)c1ccccc1. The van der Waals surface area contributed by atoms with E-state index in [1.165, 1.54) is 6.42 Å². The van der Waals surface area contributed by atoms with Crippen LogP contribution in [-0.4, -0.2) is 85.3 Å². The summed E-state index contributed by atoms with van der Waals surface area (Å²) in [5.41, 5.74) is 0.761. The van der Waals surface area contributed by atoms with Crippen LogP contribution < -0.4 is 4.90 Å². The first-order valence-electron chi connectivity index (χ1n) is 15.0. The van der Waals surface area contributed by atoms with Gasteiger partial charge in [-0.1, -0.05) is 72.5 Å². The van der Waals surface area contributed by atoms with Crippen LogP contribution in [0.5, 0.6) is 0 Å². The van der Waals surface area contributed by atoms with Gasteiger partial charge in [-0.3, -0.25) is 14.4 Å². The minimum absolute atomic E-state index is 0.0150. The Morgan fingerprint density at radius 3 is 2.44 bits per heavy atom. The van der Waals surface area contributed by atoms with Gasteiger partial charge in [0.1, 0.15) is 6.04 Å². The summed E-state index contributed by atoms with van der Waals surface area (Å²) in [6.45, 7) is 10.3. The Bertz CT molecular complexity index is 1160. The minimum atomic E-state index is -0.749. The zero-order valence-corrected chi connectivity index (χ0v) is 26.3. The fourth-order valence-electron chi connectivity index (χ4n) is 7.78. The molecule has 4 fully saturated rings. The van der Waals surface area contributed by atoms with Crippen LogP contribution in [0.15, 0.2) is 55.6 Å². The highest BCUT2D eigenvalue weighted by atomic mass is 79.9. The number of rotatable bonds is 11. The zero-order chi connectivity index (χ0) is 29.3. The number of anilines is 1. The van der Waals surface area contributed by atoms with Crippen LogP contribution in [0, 0.1) is 11.8 Å². The van der Waals surface area contributed by atoms with Gasteiger partial charge in [0, 0.05) is 34.9 Å². The van der Waals surface area contributed by atoms with Gasteiger partial charge in [-0.15, -0.1) is 24.9 Å². The molecule has 2 bridgehead atoms.